The van der Waals surface area contributed by atoms with Crippen LogP contribution in [0.2, 0.25) is 0 Å². The van der Waals surface area contributed by atoms with Crippen LogP contribution in [0.4, 0.5) is 5.13 Å². The minimum absolute atomic E-state index is 0.0308. The molecule has 1 atom stereocenters. The van der Waals surface area contributed by atoms with Crippen molar-refractivity contribution in [2.45, 2.75) is 32.9 Å². The maximum Gasteiger partial charge on any atom is 0.301 e. The number of amides is 1. The lowest BCUT2D eigenvalue weighted by molar-refractivity contribution is -0.132. The molecular weight excluding hydrogens is 588 g/mol. The maximum atomic E-state index is 13.8. The normalized spacial score (nSPS) is 15.9. The number of ether oxygens (including phenoxy) is 3. The molecule has 0 saturated carbocycles. The molecule has 1 amide bonds. The topological polar surface area (TPSA) is 98.2 Å². The molecule has 45 heavy (non-hydrogen) atoms. The summed E-state index contributed by atoms with van der Waals surface area (Å²) < 4.78 is 18.2. The summed E-state index contributed by atoms with van der Waals surface area (Å²) in [7, 11) is 0. The van der Waals surface area contributed by atoms with E-state index in [9.17, 15) is 14.7 Å². The molecule has 1 aliphatic rings. The van der Waals surface area contributed by atoms with E-state index in [1.165, 1.54) is 16.2 Å². The van der Waals surface area contributed by atoms with Crippen molar-refractivity contribution in [3.8, 4) is 17.2 Å². The highest BCUT2D eigenvalue weighted by molar-refractivity contribution is 7.22. The Kier molecular flexibility index (Phi) is 8.79. The van der Waals surface area contributed by atoms with Gasteiger partial charge in [0.15, 0.2) is 5.13 Å². The van der Waals surface area contributed by atoms with Crippen molar-refractivity contribution in [2.24, 2.45) is 0 Å². The van der Waals surface area contributed by atoms with E-state index in [1.54, 1.807) is 30.3 Å². The molecule has 8 nitrogen and oxygen atoms in total. The van der Waals surface area contributed by atoms with Crippen LogP contribution in [0.15, 0.2) is 103 Å². The number of thiazole rings is 1. The Morgan fingerprint density at radius 3 is 2.36 bits per heavy atom. The molecule has 5 aromatic rings. The molecule has 0 spiro atoms. The van der Waals surface area contributed by atoms with Crippen molar-refractivity contribution in [1.29, 1.82) is 0 Å². The lowest BCUT2D eigenvalue weighted by Gasteiger charge is -2.23. The third-order valence-electron chi connectivity index (χ3n) is 7.33. The number of hydrogen-bond donors (Lipinski definition) is 1. The molecule has 1 saturated heterocycles. The number of benzene rings is 4. The van der Waals surface area contributed by atoms with Gasteiger partial charge in [-0.15, -0.1) is 0 Å². The quantitative estimate of drug-likeness (QED) is 0.0918. The minimum Gasteiger partial charge on any atom is -0.507 e. The molecule has 0 bridgehead atoms. The summed E-state index contributed by atoms with van der Waals surface area (Å²) in [5, 5.41) is 11.9. The zero-order valence-electron chi connectivity index (χ0n) is 24.9. The lowest BCUT2D eigenvalue weighted by atomic mass is 9.95. The number of rotatable bonds is 11. The molecule has 0 radical (unpaired) electrons. The second kappa shape index (κ2) is 13.2. The number of nitrogens with zero attached hydrogens (tertiary/aromatic N) is 2. The van der Waals surface area contributed by atoms with Gasteiger partial charge in [0.25, 0.3) is 5.78 Å². The summed E-state index contributed by atoms with van der Waals surface area (Å²) >= 11 is 1.28. The van der Waals surface area contributed by atoms with Crippen molar-refractivity contribution >= 4 is 44.1 Å². The second-order valence-electron chi connectivity index (χ2n) is 10.4. The highest BCUT2D eigenvalue weighted by atomic mass is 32.1. The smallest absolute Gasteiger partial charge is 0.301 e. The van der Waals surface area contributed by atoms with E-state index in [2.05, 4.69) is 0 Å². The molecule has 1 unspecified atom stereocenters. The van der Waals surface area contributed by atoms with Crippen LogP contribution in [0.25, 0.3) is 16.0 Å². The number of anilines is 1. The van der Waals surface area contributed by atoms with E-state index in [-0.39, 0.29) is 11.3 Å². The zero-order valence-corrected chi connectivity index (χ0v) is 25.8. The molecular formula is C36H32N2O6S. The second-order valence-corrected chi connectivity index (χ2v) is 11.5. The van der Waals surface area contributed by atoms with Crippen molar-refractivity contribution in [3.05, 3.63) is 119 Å². The average Bonchev–Trinajstić information content (AvgIpc) is 3.60. The molecule has 1 aliphatic heterocycles. The van der Waals surface area contributed by atoms with Gasteiger partial charge in [0.05, 0.1) is 35.0 Å². The zero-order chi connectivity index (χ0) is 31.3. The van der Waals surface area contributed by atoms with Gasteiger partial charge in [-0.25, -0.2) is 4.98 Å². The minimum atomic E-state index is -0.951. The third-order valence-corrected chi connectivity index (χ3v) is 8.35. The number of carbonyl (C=O) groups is 2. The van der Waals surface area contributed by atoms with Gasteiger partial charge < -0.3 is 19.3 Å². The number of aliphatic hydroxyl groups excluding tert-OH is 1. The van der Waals surface area contributed by atoms with E-state index < -0.39 is 17.7 Å². The highest BCUT2D eigenvalue weighted by Crippen LogP contribution is 2.45. The molecule has 0 aliphatic carbocycles. The molecule has 2 heterocycles. The summed E-state index contributed by atoms with van der Waals surface area (Å²) in [5.41, 5.74) is 2.63. The Bertz CT molecular complexity index is 1870. The lowest BCUT2D eigenvalue weighted by Crippen LogP contribution is -2.29. The summed E-state index contributed by atoms with van der Waals surface area (Å²) in [5.74, 6) is 0.0454. The standard InChI is InChI=1S/C36H32N2O6S/c1-3-19-43-26-15-13-24(14-16-26)33(39)31-32(25-11-8-12-27(20-25)44-22-23-9-6-5-7-10-23)38(35(41)34(31)40)36-37-29-18-17-28(42-4-2)21-30(29)45-36/h5-18,20-21,32,39H,3-4,19,22H2,1-2H3. The average molecular weight is 621 g/mol. The van der Waals surface area contributed by atoms with Crippen LogP contribution in [-0.4, -0.2) is 35.0 Å². The van der Waals surface area contributed by atoms with Gasteiger partial charge in [-0.1, -0.05) is 60.7 Å². The van der Waals surface area contributed by atoms with Crippen molar-refractivity contribution in [2.75, 3.05) is 18.1 Å². The summed E-state index contributed by atoms with van der Waals surface area (Å²) in [6, 6.07) is 28.4. The van der Waals surface area contributed by atoms with Crippen LogP contribution >= 0.6 is 11.3 Å². The van der Waals surface area contributed by atoms with E-state index in [4.69, 9.17) is 19.2 Å². The van der Waals surface area contributed by atoms with Crippen LogP contribution in [-0.2, 0) is 16.2 Å². The molecule has 9 heteroatoms. The number of ketones is 1. The Balaban J connectivity index is 1.43. The fraction of sp³-hybridized carbons (Fsp3) is 0.194. The first-order chi connectivity index (χ1) is 22.0. The first-order valence-corrected chi connectivity index (χ1v) is 15.6. The number of fused-ring (bicyclic) bond motifs is 1. The van der Waals surface area contributed by atoms with Gasteiger partial charge in [-0.3, -0.25) is 14.5 Å². The van der Waals surface area contributed by atoms with Gasteiger partial charge in [0.2, 0.25) is 0 Å². The van der Waals surface area contributed by atoms with Crippen molar-refractivity contribution < 1.29 is 28.9 Å². The van der Waals surface area contributed by atoms with Crippen LogP contribution in [0.5, 0.6) is 17.2 Å². The monoisotopic (exact) mass is 620 g/mol. The largest absolute Gasteiger partial charge is 0.507 e. The molecule has 228 valence electrons. The van der Waals surface area contributed by atoms with Crippen LogP contribution in [0.1, 0.15) is 43.0 Å². The molecule has 4 aromatic carbocycles. The van der Waals surface area contributed by atoms with Crippen molar-refractivity contribution in [1.82, 2.24) is 4.98 Å². The fourth-order valence-electron chi connectivity index (χ4n) is 5.20. The number of hydrogen-bond acceptors (Lipinski definition) is 8. The third kappa shape index (κ3) is 6.25. The Hall–Kier alpha value is -5.15. The number of Topliss-reactive ketones (excluding diaryl/α,β-unsaturated/α-hetero) is 1. The summed E-state index contributed by atoms with van der Waals surface area (Å²) in [4.78, 5) is 33.6. The Labute approximate surface area is 265 Å². The predicted molar refractivity (Wildman–Crippen MR) is 175 cm³/mol. The van der Waals surface area contributed by atoms with Gasteiger partial charge in [0, 0.05) is 5.56 Å². The molecule has 1 aromatic heterocycles. The van der Waals surface area contributed by atoms with E-state index >= 15 is 0 Å². The predicted octanol–water partition coefficient (Wildman–Crippen LogP) is 7.69. The SMILES string of the molecule is CCCOc1ccc(C(O)=C2C(=O)C(=O)N(c3nc4ccc(OCC)cc4s3)C2c2cccc(OCc3ccccc3)c2)cc1. The van der Waals surface area contributed by atoms with E-state index in [1.807, 2.05) is 80.6 Å². The van der Waals surface area contributed by atoms with E-state index in [0.29, 0.717) is 58.8 Å². The Morgan fingerprint density at radius 2 is 1.60 bits per heavy atom. The van der Waals surface area contributed by atoms with E-state index in [0.717, 1.165) is 16.7 Å². The highest BCUT2D eigenvalue weighted by Gasteiger charge is 2.48. The number of aromatic nitrogens is 1. The molecule has 1 fully saturated rings. The fourth-order valence-corrected chi connectivity index (χ4v) is 6.22. The number of aliphatic hydroxyl groups is 1. The summed E-state index contributed by atoms with van der Waals surface area (Å²) in [6.45, 7) is 5.35. The van der Waals surface area contributed by atoms with Crippen LogP contribution in [0, 0.1) is 0 Å². The maximum absolute atomic E-state index is 13.8. The first-order valence-electron chi connectivity index (χ1n) is 14.8. The number of carbonyl (C=O) groups excluding carboxylic acids is 2. The Morgan fingerprint density at radius 1 is 0.844 bits per heavy atom. The molecule has 1 N–H and O–H groups in total. The molecule has 6 rings (SSSR count). The van der Waals surface area contributed by atoms with Gasteiger partial charge in [-0.2, -0.15) is 0 Å². The van der Waals surface area contributed by atoms with Crippen LogP contribution in [0.3, 0.4) is 0 Å². The van der Waals surface area contributed by atoms with Crippen molar-refractivity contribution in [3.63, 3.8) is 0 Å². The van der Waals surface area contributed by atoms with Gasteiger partial charge >= 0.3 is 5.91 Å². The van der Waals surface area contributed by atoms with Gasteiger partial charge in [0.1, 0.15) is 29.6 Å². The first kappa shape index (κ1) is 29.9. The summed E-state index contributed by atoms with van der Waals surface area (Å²) in [6.07, 6.45) is 0.859. The van der Waals surface area contributed by atoms with Gasteiger partial charge in [-0.05, 0) is 79.1 Å². The van der Waals surface area contributed by atoms with Crippen LogP contribution < -0.4 is 19.1 Å².